The monoisotopic (exact) mass is 482 g/mol. The molecule has 0 unspecified atom stereocenters. The van der Waals surface area contributed by atoms with Crippen molar-refractivity contribution in [1.29, 1.82) is 0 Å². The Morgan fingerprint density at radius 3 is 2.56 bits per heavy atom. The lowest BCUT2D eigenvalue weighted by atomic mass is 10.0. The third-order valence-corrected chi connectivity index (χ3v) is 5.98. The lowest BCUT2D eigenvalue weighted by molar-refractivity contribution is -0.00648. The molecule has 5 nitrogen and oxygen atoms in total. The molecule has 178 valence electrons. The maximum absolute atomic E-state index is 13.2. The van der Waals surface area contributed by atoms with Crippen LogP contribution in [0.5, 0.6) is 0 Å². The number of aliphatic hydroxyl groups excluding tert-OH is 1. The molecule has 7 heteroatoms. The van der Waals surface area contributed by atoms with Crippen LogP contribution in [-0.4, -0.2) is 47.6 Å². The minimum atomic E-state index is -0.676. The maximum atomic E-state index is 13.2. The van der Waals surface area contributed by atoms with E-state index in [0.29, 0.717) is 37.7 Å². The molecular formula is C27H28ClFN2O3. The molecule has 3 aromatic rings. The van der Waals surface area contributed by atoms with E-state index < -0.39 is 6.10 Å². The number of rotatable bonds is 11. The quantitative estimate of drug-likeness (QED) is 0.415. The van der Waals surface area contributed by atoms with Gasteiger partial charge in [0.2, 0.25) is 0 Å². The maximum Gasteiger partial charge on any atom is 0.145 e. The zero-order valence-corrected chi connectivity index (χ0v) is 19.6. The van der Waals surface area contributed by atoms with Crippen LogP contribution in [0, 0.1) is 5.82 Å². The van der Waals surface area contributed by atoms with Crippen molar-refractivity contribution in [1.82, 2.24) is 4.90 Å². The number of hydrogen-bond acceptors (Lipinski definition) is 5. The third-order valence-electron chi connectivity index (χ3n) is 5.61. The summed E-state index contributed by atoms with van der Waals surface area (Å²) in [5.74, 6) is -0.283. The van der Waals surface area contributed by atoms with Crippen LogP contribution >= 0.6 is 11.6 Å². The molecule has 1 heterocycles. The summed E-state index contributed by atoms with van der Waals surface area (Å²) in [5.41, 5.74) is 3.66. The molecule has 2 atom stereocenters. The van der Waals surface area contributed by atoms with Gasteiger partial charge >= 0.3 is 0 Å². The second-order valence-corrected chi connectivity index (χ2v) is 8.82. The van der Waals surface area contributed by atoms with Crippen molar-refractivity contribution in [2.75, 3.05) is 19.7 Å². The summed E-state index contributed by atoms with van der Waals surface area (Å²) in [6.45, 7) is 2.17. The average Bonchev–Trinajstić information content (AvgIpc) is 3.30. The first-order valence-corrected chi connectivity index (χ1v) is 11.7. The Balaban J connectivity index is 1.35. The van der Waals surface area contributed by atoms with E-state index in [9.17, 15) is 9.50 Å². The minimum absolute atomic E-state index is 0.181. The highest BCUT2D eigenvalue weighted by molar-refractivity contribution is 6.31. The van der Waals surface area contributed by atoms with Crippen molar-refractivity contribution in [3.8, 4) is 0 Å². The predicted octanol–water partition coefficient (Wildman–Crippen LogP) is 5.05. The Bertz CT molecular complexity index is 1080. The number of oxime groups is 1. The normalized spacial score (nSPS) is 16.4. The van der Waals surface area contributed by atoms with Crippen LogP contribution in [0.25, 0.3) is 0 Å². The van der Waals surface area contributed by atoms with E-state index in [1.807, 2.05) is 54.6 Å². The molecule has 1 aliphatic heterocycles. The van der Waals surface area contributed by atoms with Crippen LogP contribution in [-0.2, 0) is 22.7 Å². The summed E-state index contributed by atoms with van der Waals surface area (Å²) in [5, 5.41) is 15.6. The Kier molecular flexibility index (Phi) is 8.66. The highest BCUT2D eigenvalue weighted by atomic mass is 35.5. The molecule has 1 aliphatic rings. The molecule has 0 bridgehead atoms. The van der Waals surface area contributed by atoms with E-state index in [-0.39, 0.29) is 18.5 Å². The molecule has 0 aromatic heterocycles. The molecule has 4 rings (SSSR count). The third kappa shape index (κ3) is 7.11. The fourth-order valence-corrected chi connectivity index (χ4v) is 4.13. The van der Waals surface area contributed by atoms with E-state index in [4.69, 9.17) is 21.2 Å². The summed E-state index contributed by atoms with van der Waals surface area (Å²) >= 11 is 6.39. The lowest BCUT2D eigenvalue weighted by Crippen LogP contribution is -2.39. The summed E-state index contributed by atoms with van der Waals surface area (Å²) in [4.78, 5) is 7.78. The molecule has 0 aliphatic carbocycles. The Labute approximate surface area is 204 Å². The molecule has 3 aromatic carbocycles. The van der Waals surface area contributed by atoms with Gasteiger partial charge in [0.1, 0.15) is 11.9 Å². The summed E-state index contributed by atoms with van der Waals surface area (Å²) in [6.07, 6.45) is -0.254. The molecular weight excluding hydrogens is 455 g/mol. The highest BCUT2D eigenvalue weighted by Gasteiger charge is 2.26. The van der Waals surface area contributed by atoms with Gasteiger partial charge in [-0.05, 0) is 34.9 Å². The van der Waals surface area contributed by atoms with Gasteiger partial charge in [0, 0.05) is 31.1 Å². The second kappa shape index (κ2) is 12.1. The molecule has 34 heavy (non-hydrogen) atoms. The summed E-state index contributed by atoms with van der Waals surface area (Å²) in [7, 11) is 0. The Hall–Kier alpha value is -2.77. The number of nitrogens with zero attached hydrogens (tertiary/aromatic N) is 2. The molecule has 0 saturated carbocycles. The van der Waals surface area contributed by atoms with E-state index in [1.165, 1.54) is 12.1 Å². The molecule has 0 radical (unpaired) electrons. The fraction of sp³-hybridized carbons (Fsp3) is 0.296. The van der Waals surface area contributed by atoms with E-state index >= 15 is 0 Å². The molecule has 0 spiro atoms. The summed E-state index contributed by atoms with van der Waals surface area (Å²) < 4.78 is 19.0. The number of hydrogen-bond donors (Lipinski definition) is 1. The van der Waals surface area contributed by atoms with E-state index in [2.05, 4.69) is 10.1 Å². The van der Waals surface area contributed by atoms with Gasteiger partial charge in [-0.15, -0.1) is 0 Å². The Morgan fingerprint density at radius 2 is 1.79 bits per heavy atom. The fourth-order valence-electron chi connectivity index (χ4n) is 3.94. The van der Waals surface area contributed by atoms with Crippen LogP contribution in [0.15, 0.2) is 84.0 Å². The van der Waals surface area contributed by atoms with Crippen LogP contribution in [0.3, 0.4) is 0 Å². The number of aliphatic hydroxyl groups is 1. The van der Waals surface area contributed by atoms with Crippen molar-refractivity contribution in [2.24, 2.45) is 5.16 Å². The van der Waals surface area contributed by atoms with Gasteiger partial charge in [0.25, 0.3) is 0 Å². The topological polar surface area (TPSA) is 54.3 Å². The largest absolute Gasteiger partial charge is 0.390 e. The first kappa shape index (κ1) is 24.4. The number of benzene rings is 3. The van der Waals surface area contributed by atoms with Gasteiger partial charge in [-0.25, -0.2) is 4.39 Å². The van der Waals surface area contributed by atoms with E-state index in [1.54, 1.807) is 12.1 Å². The van der Waals surface area contributed by atoms with Crippen LogP contribution in [0.1, 0.15) is 23.1 Å². The Morgan fingerprint density at radius 1 is 1.06 bits per heavy atom. The van der Waals surface area contributed by atoms with Crippen LogP contribution < -0.4 is 0 Å². The first-order chi connectivity index (χ1) is 16.6. The lowest BCUT2D eigenvalue weighted by Gasteiger charge is -2.27. The first-order valence-electron chi connectivity index (χ1n) is 11.3. The van der Waals surface area contributed by atoms with Gasteiger partial charge in [-0.3, -0.25) is 4.90 Å². The van der Waals surface area contributed by atoms with Gasteiger partial charge < -0.3 is 14.7 Å². The second-order valence-electron chi connectivity index (χ2n) is 8.42. The van der Waals surface area contributed by atoms with Gasteiger partial charge in [-0.1, -0.05) is 77.4 Å². The standard InChI is InChI=1S/C27H28ClFN2O3/c28-26-9-5-4-8-22(26)15-31(16-24(32)19-33-18-20-6-2-1-3-7-20)17-25-14-27(30-34-25)21-10-12-23(29)13-11-21/h1-13,24-25,32H,14-19H2/t24-,25+/m1/s1. The van der Waals surface area contributed by atoms with Crippen LogP contribution in [0.2, 0.25) is 5.02 Å². The van der Waals surface area contributed by atoms with Crippen molar-refractivity contribution in [3.05, 3.63) is 106 Å². The zero-order valence-electron chi connectivity index (χ0n) is 18.8. The SMILES string of the molecule is O[C@@H](COCc1ccccc1)CN(Cc1ccccc1Cl)C[C@@H]1CC(c2ccc(F)cc2)=NO1. The zero-order chi connectivity index (χ0) is 23.8. The number of ether oxygens (including phenoxy) is 1. The van der Waals surface area contributed by atoms with Crippen molar-refractivity contribution >= 4 is 17.3 Å². The average molecular weight is 483 g/mol. The van der Waals surface area contributed by atoms with Crippen LogP contribution in [0.4, 0.5) is 4.39 Å². The molecule has 1 N–H and O–H groups in total. The van der Waals surface area contributed by atoms with E-state index in [0.717, 1.165) is 22.4 Å². The number of halogens is 2. The molecule has 0 saturated heterocycles. The van der Waals surface area contributed by atoms with Crippen molar-refractivity contribution in [2.45, 2.75) is 31.8 Å². The minimum Gasteiger partial charge on any atom is -0.390 e. The van der Waals surface area contributed by atoms with Gasteiger partial charge in [-0.2, -0.15) is 0 Å². The molecule has 0 amide bonds. The highest BCUT2D eigenvalue weighted by Crippen LogP contribution is 2.21. The van der Waals surface area contributed by atoms with Crippen molar-refractivity contribution in [3.63, 3.8) is 0 Å². The summed E-state index contributed by atoms with van der Waals surface area (Å²) in [6, 6.07) is 23.8. The predicted molar refractivity (Wildman–Crippen MR) is 131 cm³/mol. The van der Waals surface area contributed by atoms with Crippen molar-refractivity contribution < 1.29 is 19.1 Å². The smallest absolute Gasteiger partial charge is 0.145 e. The van der Waals surface area contributed by atoms with Gasteiger partial charge in [0.05, 0.1) is 25.0 Å². The molecule has 0 fully saturated rings. The van der Waals surface area contributed by atoms with Gasteiger partial charge in [0.15, 0.2) is 0 Å².